The Labute approximate surface area is 127 Å². The molecule has 0 saturated heterocycles. The number of hydrogen-bond acceptors (Lipinski definition) is 3. The molecular formula is C17H16N2OS. The fourth-order valence-corrected chi connectivity index (χ4v) is 3.57. The van der Waals surface area contributed by atoms with Crippen LogP contribution in [0.25, 0.3) is 20.7 Å². The van der Waals surface area contributed by atoms with Crippen LogP contribution in [0.3, 0.4) is 0 Å². The predicted octanol–water partition coefficient (Wildman–Crippen LogP) is 4.01. The minimum atomic E-state index is 0.0129. The van der Waals surface area contributed by atoms with Gasteiger partial charge < -0.3 is 0 Å². The van der Waals surface area contributed by atoms with Crippen molar-refractivity contribution in [3.63, 3.8) is 0 Å². The summed E-state index contributed by atoms with van der Waals surface area (Å²) in [6.45, 7) is 8.28. The van der Waals surface area contributed by atoms with Crippen molar-refractivity contribution in [3.8, 4) is 10.4 Å². The highest BCUT2D eigenvalue weighted by Gasteiger charge is 2.15. The average Bonchev–Trinajstić information content (AvgIpc) is 2.80. The summed E-state index contributed by atoms with van der Waals surface area (Å²) >= 11 is 1.57. The molecule has 0 N–H and O–H groups in total. The van der Waals surface area contributed by atoms with E-state index in [0.29, 0.717) is 6.54 Å². The molecule has 0 radical (unpaired) electrons. The summed E-state index contributed by atoms with van der Waals surface area (Å²) in [4.78, 5) is 19.0. The zero-order valence-corrected chi connectivity index (χ0v) is 12.9. The summed E-state index contributed by atoms with van der Waals surface area (Å²) < 4.78 is 1.62. The Morgan fingerprint density at radius 1 is 1.33 bits per heavy atom. The lowest BCUT2D eigenvalue weighted by Gasteiger charge is -2.04. The summed E-state index contributed by atoms with van der Waals surface area (Å²) in [5.74, 6) is 0. The van der Waals surface area contributed by atoms with Crippen molar-refractivity contribution in [2.24, 2.45) is 0 Å². The number of aromatic nitrogens is 2. The average molecular weight is 296 g/mol. The molecule has 0 atom stereocenters. The first-order chi connectivity index (χ1) is 10.1. The van der Waals surface area contributed by atoms with Crippen LogP contribution in [-0.2, 0) is 6.54 Å². The summed E-state index contributed by atoms with van der Waals surface area (Å²) in [6, 6.07) is 10.1. The second kappa shape index (κ2) is 5.30. The lowest BCUT2D eigenvalue weighted by atomic mass is 10.1. The molecule has 0 aliphatic heterocycles. The third kappa shape index (κ3) is 2.43. The zero-order chi connectivity index (χ0) is 15.0. The van der Waals surface area contributed by atoms with Gasteiger partial charge in [-0.2, -0.15) is 0 Å². The Bertz CT molecular complexity index is 875. The van der Waals surface area contributed by atoms with Gasteiger partial charge >= 0.3 is 0 Å². The lowest BCUT2D eigenvalue weighted by Crippen LogP contribution is -2.20. The fourth-order valence-electron chi connectivity index (χ4n) is 2.43. The molecule has 0 amide bonds. The summed E-state index contributed by atoms with van der Waals surface area (Å²) in [5, 5.41) is 0.725. The van der Waals surface area contributed by atoms with Gasteiger partial charge in [0.25, 0.3) is 5.56 Å². The Morgan fingerprint density at radius 3 is 2.71 bits per heavy atom. The van der Waals surface area contributed by atoms with Gasteiger partial charge in [-0.25, -0.2) is 4.98 Å². The first kappa shape index (κ1) is 13.8. The molecule has 2 heterocycles. The van der Waals surface area contributed by atoms with Crippen LogP contribution in [0.1, 0.15) is 12.5 Å². The van der Waals surface area contributed by atoms with Gasteiger partial charge in [-0.3, -0.25) is 9.36 Å². The number of hydrogen-bond donors (Lipinski definition) is 0. The van der Waals surface area contributed by atoms with Crippen LogP contribution in [0.15, 0.2) is 53.6 Å². The number of benzene rings is 1. The SMILES string of the molecule is C=C(C)Cn1cnc2sc(-c3ccccc3)c(C)c2c1=O. The van der Waals surface area contributed by atoms with E-state index in [4.69, 9.17) is 0 Å². The maximum absolute atomic E-state index is 12.6. The minimum Gasteiger partial charge on any atom is -0.295 e. The monoisotopic (exact) mass is 296 g/mol. The largest absolute Gasteiger partial charge is 0.295 e. The molecule has 3 rings (SSSR count). The molecule has 0 saturated carbocycles. The van der Waals surface area contributed by atoms with Gasteiger partial charge in [0.2, 0.25) is 0 Å². The topological polar surface area (TPSA) is 34.9 Å². The molecule has 0 aliphatic rings. The first-order valence-electron chi connectivity index (χ1n) is 6.76. The smallest absolute Gasteiger partial charge is 0.262 e. The quantitative estimate of drug-likeness (QED) is 0.684. The van der Waals surface area contributed by atoms with Crippen molar-refractivity contribution in [2.45, 2.75) is 20.4 Å². The van der Waals surface area contributed by atoms with E-state index in [1.54, 1.807) is 22.2 Å². The molecule has 0 fully saturated rings. The molecule has 0 spiro atoms. The highest BCUT2D eigenvalue weighted by molar-refractivity contribution is 7.22. The minimum absolute atomic E-state index is 0.0129. The number of allylic oxidation sites excluding steroid dienone is 1. The van der Waals surface area contributed by atoms with E-state index < -0.39 is 0 Å². The van der Waals surface area contributed by atoms with E-state index in [9.17, 15) is 4.79 Å². The first-order valence-corrected chi connectivity index (χ1v) is 7.58. The Balaban J connectivity index is 2.24. The van der Waals surface area contributed by atoms with E-state index in [1.165, 1.54) is 0 Å². The van der Waals surface area contributed by atoms with Gasteiger partial charge in [0, 0.05) is 11.4 Å². The van der Waals surface area contributed by atoms with Gasteiger partial charge in [-0.1, -0.05) is 42.5 Å². The number of thiophene rings is 1. The molecule has 106 valence electrons. The third-order valence-electron chi connectivity index (χ3n) is 3.39. The maximum Gasteiger partial charge on any atom is 0.262 e. The Kier molecular flexibility index (Phi) is 3.47. The number of rotatable bonds is 3. The molecule has 0 bridgehead atoms. The van der Waals surface area contributed by atoms with Gasteiger partial charge in [-0.05, 0) is 25.0 Å². The number of aryl methyl sites for hydroxylation is 1. The van der Waals surface area contributed by atoms with E-state index in [-0.39, 0.29) is 5.56 Å². The van der Waals surface area contributed by atoms with E-state index in [1.807, 2.05) is 32.0 Å². The second-order valence-corrected chi connectivity index (χ2v) is 6.24. The zero-order valence-electron chi connectivity index (χ0n) is 12.1. The van der Waals surface area contributed by atoms with Crippen molar-refractivity contribution in [1.82, 2.24) is 9.55 Å². The maximum atomic E-state index is 12.6. The van der Waals surface area contributed by atoms with Crippen LogP contribution in [0, 0.1) is 6.92 Å². The van der Waals surface area contributed by atoms with E-state index >= 15 is 0 Å². The number of nitrogens with zero attached hydrogens (tertiary/aromatic N) is 2. The van der Waals surface area contributed by atoms with Crippen molar-refractivity contribution < 1.29 is 0 Å². The molecule has 3 nitrogen and oxygen atoms in total. The van der Waals surface area contributed by atoms with E-state index in [2.05, 4.69) is 23.7 Å². The van der Waals surface area contributed by atoms with Crippen molar-refractivity contribution in [2.75, 3.05) is 0 Å². The molecule has 3 aromatic rings. The lowest BCUT2D eigenvalue weighted by molar-refractivity contribution is 0.739. The molecular weight excluding hydrogens is 280 g/mol. The highest BCUT2D eigenvalue weighted by atomic mass is 32.1. The van der Waals surface area contributed by atoms with Crippen LogP contribution in [-0.4, -0.2) is 9.55 Å². The molecule has 21 heavy (non-hydrogen) atoms. The molecule has 2 aromatic heterocycles. The summed E-state index contributed by atoms with van der Waals surface area (Å²) in [5.41, 5.74) is 3.09. The van der Waals surface area contributed by atoms with Crippen LogP contribution in [0.5, 0.6) is 0 Å². The van der Waals surface area contributed by atoms with Gasteiger partial charge in [0.15, 0.2) is 0 Å². The van der Waals surface area contributed by atoms with Crippen LogP contribution >= 0.6 is 11.3 Å². The third-order valence-corrected chi connectivity index (χ3v) is 4.64. The highest BCUT2D eigenvalue weighted by Crippen LogP contribution is 2.35. The van der Waals surface area contributed by atoms with Crippen molar-refractivity contribution in [3.05, 3.63) is 64.7 Å². The van der Waals surface area contributed by atoms with Crippen molar-refractivity contribution >= 4 is 21.6 Å². The van der Waals surface area contributed by atoms with Gasteiger partial charge in [0.1, 0.15) is 4.83 Å². The Morgan fingerprint density at radius 2 is 2.05 bits per heavy atom. The van der Waals surface area contributed by atoms with Crippen molar-refractivity contribution in [1.29, 1.82) is 0 Å². The van der Waals surface area contributed by atoms with E-state index in [0.717, 1.165) is 31.8 Å². The van der Waals surface area contributed by atoms with Crippen LogP contribution < -0.4 is 5.56 Å². The fraction of sp³-hybridized carbons (Fsp3) is 0.176. The van der Waals surface area contributed by atoms with Gasteiger partial charge in [-0.15, -0.1) is 11.3 Å². The predicted molar refractivity (Wildman–Crippen MR) is 88.9 cm³/mol. The molecule has 0 unspecified atom stereocenters. The molecule has 1 aromatic carbocycles. The van der Waals surface area contributed by atoms with Crippen LogP contribution in [0.4, 0.5) is 0 Å². The van der Waals surface area contributed by atoms with Crippen LogP contribution in [0.2, 0.25) is 0 Å². The normalized spacial score (nSPS) is 11.0. The molecule has 4 heteroatoms. The number of fused-ring (bicyclic) bond motifs is 1. The Hall–Kier alpha value is -2.20. The second-order valence-electron chi connectivity index (χ2n) is 5.24. The summed E-state index contributed by atoms with van der Waals surface area (Å²) in [7, 11) is 0. The van der Waals surface area contributed by atoms with Gasteiger partial charge in [0.05, 0.1) is 11.7 Å². The summed E-state index contributed by atoms with van der Waals surface area (Å²) in [6.07, 6.45) is 1.62. The molecule has 0 aliphatic carbocycles. The standard InChI is InChI=1S/C17H16N2OS/c1-11(2)9-19-10-18-16-14(17(19)20)12(3)15(21-16)13-7-5-4-6-8-13/h4-8,10H,1,9H2,2-3H3.